The molecular weight excluding hydrogens is 264 g/mol. The largest absolute Gasteiger partial charge is 0.307 e. The summed E-state index contributed by atoms with van der Waals surface area (Å²) in [4.78, 5) is 10.6. The van der Waals surface area contributed by atoms with Gasteiger partial charge < -0.3 is 5.32 Å². The highest BCUT2D eigenvalue weighted by Gasteiger charge is 2.28. The van der Waals surface area contributed by atoms with Crippen molar-refractivity contribution in [2.24, 2.45) is 11.8 Å². The van der Waals surface area contributed by atoms with Gasteiger partial charge in [0, 0.05) is 24.2 Å². The first-order valence-electron chi connectivity index (χ1n) is 8.03. The van der Waals surface area contributed by atoms with Crippen molar-refractivity contribution in [1.29, 1.82) is 0 Å². The summed E-state index contributed by atoms with van der Waals surface area (Å²) in [7, 11) is 0. The van der Waals surface area contributed by atoms with Crippen LogP contribution >= 0.6 is 0 Å². The number of benzene rings is 1. The van der Waals surface area contributed by atoms with Crippen LogP contribution in [0.1, 0.15) is 58.1 Å². The number of rotatable bonds is 5. The highest BCUT2D eigenvalue weighted by Crippen LogP contribution is 2.32. The Hall–Kier alpha value is -1.42. The molecule has 2 rings (SSSR count). The standard InChI is InChI=1S/C17H26N2O2/c1-4-16(14-8-6-9-15(11-14)19(20)21)18-17-10-5-7-12(2)13(17)3/h6,8-9,11-13,16-18H,4-5,7,10H2,1-3H3. The van der Waals surface area contributed by atoms with Gasteiger partial charge in [-0.2, -0.15) is 0 Å². The molecule has 0 spiro atoms. The SMILES string of the molecule is CCC(NC1CCCC(C)C1C)c1cccc([N+](=O)[O-])c1. The van der Waals surface area contributed by atoms with Crippen LogP contribution in [-0.4, -0.2) is 11.0 Å². The van der Waals surface area contributed by atoms with Gasteiger partial charge in [0.25, 0.3) is 5.69 Å². The Labute approximate surface area is 127 Å². The third-order valence-corrected chi connectivity index (χ3v) is 5.01. The number of hydrogen-bond acceptors (Lipinski definition) is 3. The quantitative estimate of drug-likeness (QED) is 0.643. The molecule has 1 N–H and O–H groups in total. The van der Waals surface area contributed by atoms with Gasteiger partial charge in [0.15, 0.2) is 0 Å². The van der Waals surface area contributed by atoms with Crippen molar-refractivity contribution < 1.29 is 4.92 Å². The van der Waals surface area contributed by atoms with Crippen LogP contribution in [0.2, 0.25) is 0 Å². The van der Waals surface area contributed by atoms with E-state index < -0.39 is 0 Å². The predicted octanol–water partition coefficient (Wildman–Crippen LogP) is 4.46. The molecule has 0 bridgehead atoms. The van der Waals surface area contributed by atoms with Gasteiger partial charge in [0.2, 0.25) is 0 Å². The van der Waals surface area contributed by atoms with Crippen LogP contribution < -0.4 is 5.32 Å². The van der Waals surface area contributed by atoms with E-state index in [1.165, 1.54) is 19.3 Å². The second kappa shape index (κ2) is 7.03. The summed E-state index contributed by atoms with van der Waals surface area (Å²) < 4.78 is 0. The molecule has 4 heteroatoms. The smallest absolute Gasteiger partial charge is 0.269 e. The normalized spacial score (nSPS) is 27.3. The number of nitrogens with one attached hydrogen (secondary N) is 1. The van der Waals surface area contributed by atoms with E-state index in [1.54, 1.807) is 18.2 Å². The fourth-order valence-corrected chi connectivity index (χ4v) is 3.38. The van der Waals surface area contributed by atoms with E-state index in [4.69, 9.17) is 0 Å². The maximum Gasteiger partial charge on any atom is 0.269 e. The molecule has 116 valence electrons. The Morgan fingerprint density at radius 2 is 2.14 bits per heavy atom. The van der Waals surface area contributed by atoms with Crippen molar-refractivity contribution >= 4 is 5.69 Å². The first-order chi connectivity index (χ1) is 10.0. The van der Waals surface area contributed by atoms with Crippen molar-refractivity contribution in [3.63, 3.8) is 0 Å². The van der Waals surface area contributed by atoms with Crippen molar-refractivity contribution in [2.45, 2.75) is 58.5 Å². The summed E-state index contributed by atoms with van der Waals surface area (Å²) in [6, 6.07) is 7.75. The lowest BCUT2D eigenvalue weighted by atomic mass is 9.77. The molecule has 0 saturated heterocycles. The van der Waals surface area contributed by atoms with E-state index in [-0.39, 0.29) is 16.7 Å². The molecule has 1 aliphatic carbocycles. The zero-order valence-electron chi connectivity index (χ0n) is 13.2. The molecule has 4 unspecified atom stereocenters. The summed E-state index contributed by atoms with van der Waals surface area (Å²) in [5.41, 5.74) is 1.20. The molecular formula is C17H26N2O2. The van der Waals surface area contributed by atoms with E-state index in [0.29, 0.717) is 12.0 Å². The number of nitro benzene ring substituents is 1. The first kappa shape index (κ1) is 16.0. The van der Waals surface area contributed by atoms with Crippen LogP contribution in [0.3, 0.4) is 0 Å². The Morgan fingerprint density at radius 1 is 1.38 bits per heavy atom. The summed E-state index contributed by atoms with van der Waals surface area (Å²) in [5, 5.41) is 14.7. The average Bonchev–Trinajstić information content (AvgIpc) is 2.49. The van der Waals surface area contributed by atoms with Crippen LogP contribution in [0.15, 0.2) is 24.3 Å². The fourth-order valence-electron chi connectivity index (χ4n) is 3.38. The molecule has 0 radical (unpaired) electrons. The van der Waals surface area contributed by atoms with Gasteiger partial charge in [-0.05, 0) is 30.2 Å². The van der Waals surface area contributed by atoms with E-state index in [2.05, 4.69) is 26.1 Å². The molecule has 4 atom stereocenters. The molecule has 0 heterocycles. The minimum Gasteiger partial charge on any atom is -0.307 e. The molecule has 1 aromatic rings. The average molecular weight is 290 g/mol. The van der Waals surface area contributed by atoms with Gasteiger partial charge in [-0.1, -0.05) is 45.7 Å². The second-order valence-corrected chi connectivity index (χ2v) is 6.35. The monoisotopic (exact) mass is 290 g/mol. The molecule has 4 nitrogen and oxygen atoms in total. The van der Waals surface area contributed by atoms with Crippen molar-refractivity contribution in [3.8, 4) is 0 Å². The molecule has 1 fully saturated rings. The van der Waals surface area contributed by atoms with Gasteiger partial charge in [0.1, 0.15) is 0 Å². The van der Waals surface area contributed by atoms with Crippen molar-refractivity contribution in [2.75, 3.05) is 0 Å². The van der Waals surface area contributed by atoms with Gasteiger partial charge >= 0.3 is 0 Å². The van der Waals surface area contributed by atoms with Crippen molar-refractivity contribution in [1.82, 2.24) is 5.32 Å². The molecule has 1 saturated carbocycles. The Kier molecular flexibility index (Phi) is 5.34. The molecule has 0 aliphatic heterocycles. The van der Waals surface area contributed by atoms with Crippen LogP contribution in [-0.2, 0) is 0 Å². The van der Waals surface area contributed by atoms with Crippen LogP contribution in [0.5, 0.6) is 0 Å². The molecule has 0 aromatic heterocycles. The maximum atomic E-state index is 10.9. The number of non-ortho nitro benzene ring substituents is 1. The van der Waals surface area contributed by atoms with Gasteiger partial charge in [-0.3, -0.25) is 10.1 Å². The number of hydrogen-bond donors (Lipinski definition) is 1. The van der Waals surface area contributed by atoms with Crippen LogP contribution in [0.25, 0.3) is 0 Å². The van der Waals surface area contributed by atoms with E-state index in [0.717, 1.165) is 17.9 Å². The predicted molar refractivity (Wildman–Crippen MR) is 85.2 cm³/mol. The van der Waals surface area contributed by atoms with Crippen LogP contribution in [0.4, 0.5) is 5.69 Å². The fraction of sp³-hybridized carbons (Fsp3) is 0.647. The van der Waals surface area contributed by atoms with Gasteiger partial charge in [-0.15, -0.1) is 0 Å². The van der Waals surface area contributed by atoms with Crippen molar-refractivity contribution in [3.05, 3.63) is 39.9 Å². The third kappa shape index (κ3) is 3.82. The summed E-state index contributed by atoms with van der Waals surface area (Å²) in [5.74, 6) is 1.41. The Morgan fingerprint density at radius 3 is 2.81 bits per heavy atom. The molecule has 21 heavy (non-hydrogen) atoms. The minimum absolute atomic E-state index is 0.179. The minimum atomic E-state index is -0.318. The maximum absolute atomic E-state index is 10.9. The zero-order valence-corrected chi connectivity index (χ0v) is 13.2. The lowest BCUT2D eigenvalue weighted by molar-refractivity contribution is -0.384. The summed E-state index contributed by atoms with van der Waals surface area (Å²) >= 11 is 0. The summed E-state index contributed by atoms with van der Waals surface area (Å²) in [6.07, 6.45) is 4.73. The third-order valence-electron chi connectivity index (χ3n) is 5.01. The van der Waals surface area contributed by atoms with E-state index >= 15 is 0 Å². The Bertz CT molecular complexity index is 489. The van der Waals surface area contributed by atoms with E-state index in [1.807, 2.05) is 6.07 Å². The van der Waals surface area contributed by atoms with Crippen LogP contribution in [0, 0.1) is 22.0 Å². The van der Waals surface area contributed by atoms with Gasteiger partial charge in [-0.25, -0.2) is 0 Å². The zero-order chi connectivity index (χ0) is 15.4. The molecule has 1 aromatic carbocycles. The second-order valence-electron chi connectivity index (χ2n) is 6.35. The lowest BCUT2D eigenvalue weighted by Gasteiger charge is -2.37. The highest BCUT2D eigenvalue weighted by atomic mass is 16.6. The number of nitro groups is 1. The summed E-state index contributed by atoms with van der Waals surface area (Å²) in [6.45, 7) is 6.78. The highest BCUT2D eigenvalue weighted by molar-refractivity contribution is 5.35. The molecule has 0 amide bonds. The topological polar surface area (TPSA) is 55.2 Å². The van der Waals surface area contributed by atoms with E-state index in [9.17, 15) is 10.1 Å². The molecule has 1 aliphatic rings. The lowest BCUT2D eigenvalue weighted by Crippen LogP contribution is -2.42. The van der Waals surface area contributed by atoms with Gasteiger partial charge in [0.05, 0.1) is 4.92 Å². The Balaban J connectivity index is 2.12. The number of nitrogens with zero attached hydrogens (tertiary/aromatic N) is 1. The first-order valence-corrected chi connectivity index (χ1v) is 8.03.